The topological polar surface area (TPSA) is 83.8 Å². The van der Waals surface area contributed by atoms with Crippen LogP contribution in [0.3, 0.4) is 0 Å². The Hall–Kier alpha value is -2.66. The Kier molecular flexibility index (Phi) is 5.80. The molecular formula is C18H18F3N3O4S. The highest BCUT2D eigenvalue weighted by Crippen LogP contribution is 2.36. The summed E-state index contributed by atoms with van der Waals surface area (Å²) in [5, 5.41) is 11.3. The molecule has 156 valence electrons. The molecule has 2 aromatic rings. The molecule has 11 heteroatoms. The molecule has 0 aliphatic carbocycles. The summed E-state index contributed by atoms with van der Waals surface area (Å²) in [4.78, 5) is 12.0. The van der Waals surface area contributed by atoms with Gasteiger partial charge in [-0.1, -0.05) is 30.3 Å². The number of anilines is 1. The van der Waals surface area contributed by atoms with E-state index >= 15 is 0 Å². The van der Waals surface area contributed by atoms with Gasteiger partial charge in [-0.2, -0.15) is 17.5 Å². The summed E-state index contributed by atoms with van der Waals surface area (Å²) >= 11 is 0. The molecule has 0 spiro atoms. The van der Waals surface area contributed by atoms with Gasteiger partial charge in [0.05, 0.1) is 16.2 Å². The molecule has 0 N–H and O–H groups in total. The summed E-state index contributed by atoms with van der Waals surface area (Å²) in [5.74, 6) is -0.158. The van der Waals surface area contributed by atoms with E-state index in [9.17, 15) is 31.7 Å². The fourth-order valence-electron chi connectivity index (χ4n) is 3.20. The smallest absolute Gasteiger partial charge is 0.363 e. The minimum atomic E-state index is -4.69. The monoisotopic (exact) mass is 429 g/mol. The van der Waals surface area contributed by atoms with Crippen molar-refractivity contribution >= 4 is 21.4 Å². The van der Waals surface area contributed by atoms with Crippen LogP contribution >= 0.6 is 0 Å². The number of nitro groups is 1. The molecule has 0 amide bonds. The summed E-state index contributed by atoms with van der Waals surface area (Å²) in [6.07, 6.45) is -4.69. The van der Waals surface area contributed by atoms with E-state index in [1.54, 1.807) is 30.3 Å². The van der Waals surface area contributed by atoms with Gasteiger partial charge in [-0.15, -0.1) is 0 Å². The van der Waals surface area contributed by atoms with Gasteiger partial charge in [-0.25, -0.2) is 8.42 Å². The number of hydrogen-bond donors (Lipinski definition) is 0. The van der Waals surface area contributed by atoms with Gasteiger partial charge in [0.15, 0.2) is 0 Å². The van der Waals surface area contributed by atoms with Gasteiger partial charge in [0.2, 0.25) is 10.0 Å². The van der Waals surface area contributed by atoms with Crippen LogP contribution < -0.4 is 4.90 Å². The number of rotatable bonds is 5. The van der Waals surface area contributed by atoms with Gasteiger partial charge in [0.1, 0.15) is 5.69 Å². The lowest BCUT2D eigenvalue weighted by Gasteiger charge is -2.35. The highest BCUT2D eigenvalue weighted by molar-refractivity contribution is 7.88. The largest absolute Gasteiger partial charge is 0.416 e. The van der Waals surface area contributed by atoms with Gasteiger partial charge < -0.3 is 4.90 Å². The zero-order valence-electron chi connectivity index (χ0n) is 15.2. The zero-order valence-corrected chi connectivity index (χ0v) is 16.0. The number of alkyl halides is 3. The third kappa shape index (κ3) is 4.85. The van der Waals surface area contributed by atoms with Crippen LogP contribution in [0.1, 0.15) is 11.1 Å². The van der Waals surface area contributed by atoms with Gasteiger partial charge >= 0.3 is 6.18 Å². The van der Waals surface area contributed by atoms with Crippen LogP contribution in [0.15, 0.2) is 48.5 Å². The Bertz CT molecular complexity index is 989. The third-order valence-corrected chi connectivity index (χ3v) is 6.51. The molecule has 2 aromatic carbocycles. The first-order valence-corrected chi connectivity index (χ1v) is 10.3. The fraction of sp³-hybridized carbons (Fsp3) is 0.333. The van der Waals surface area contributed by atoms with E-state index in [-0.39, 0.29) is 37.6 Å². The molecule has 0 radical (unpaired) electrons. The van der Waals surface area contributed by atoms with Gasteiger partial charge in [-0.05, 0) is 17.7 Å². The standard InChI is InChI=1S/C18H18F3N3O4S/c19-18(20,21)15-6-7-16(17(12-15)24(25)26)22-8-10-23(11-9-22)29(27,28)13-14-4-2-1-3-5-14/h1-7,12H,8-11,13H2. The van der Waals surface area contributed by atoms with Crippen LogP contribution in [0.2, 0.25) is 0 Å². The Morgan fingerprint density at radius 1 is 1.00 bits per heavy atom. The minimum absolute atomic E-state index is 0.0445. The van der Waals surface area contributed by atoms with Crippen molar-refractivity contribution in [2.24, 2.45) is 0 Å². The Morgan fingerprint density at radius 2 is 1.62 bits per heavy atom. The van der Waals surface area contributed by atoms with Crippen LogP contribution in [0.4, 0.5) is 24.5 Å². The number of nitro benzene ring substituents is 1. The molecular weight excluding hydrogens is 411 g/mol. The molecule has 1 saturated heterocycles. The van der Waals surface area contributed by atoms with Crippen LogP contribution in [0.5, 0.6) is 0 Å². The van der Waals surface area contributed by atoms with Crippen molar-refractivity contribution in [1.82, 2.24) is 4.31 Å². The molecule has 7 nitrogen and oxygen atoms in total. The number of nitrogens with zero attached hydrogens (tertiary/aromatic N) is 3. The molecule has 0 unspecified atom stereocenters. The molecule has 3 rings (SSSR count). The molecule has 0 atom stereocenters. The van der Waals surface area contributed by atoms with Crippen LogP contribution in [0, 0.1) is 10.1 Å². The predicted molar refractivity (Wildman–Crippen MR) is 101 cm³/mol. The molecule has 0 bridgehead atoms. The molecule has 0 aromatic heterocycles. The van der Waals surface area contributed by atoms with Crippen molar-refractivity contribution in [2.75, 3.05) is 31.1 Å². The van der Waals surface area contributed by atoms with E-state index in [0.29, 0.717) is 11.6 Å². The molecule has 1 aliphatic heterocycles. The number of hydrogen-bond acceptors (Lipinski definition) is 5. The summed E-state index contributed by atoms with van der Waals surface area (Å²) in [7, 11) is -3.57. The first-order chi connectivity index (χ1) is 13.6. The van der Waals surface area contributed by atoms with E-state index in [1.807, 2.05) is 0 Å². The number of halogens is 3. The van der Waals surface area contributed by atoms with Crippen molar-refractivity contribution in [1.29, 1.82) is 0 Å². The number of piperazine rings is 1. The van der Waals surface area contributed by atoms with E-state index in [2.05, 4.69) is 0 Å². The lowest BCUT2D eigenvalue weighted by Crippen LogP contribution is -2.49. The highest BCUT2D eigenvalue weighted by atomic mass is 32.2. The Morgan fingerprint density at radius 3 is 2.17 bits per heavy atom. The van der Waals surface area contributed by atoms with Crippen LogP contribution in [-0.4, -0.2) is 43.8 Å². The maximum Gasteiger partial charge on any atom is 0.416 e. The Balaban J connectivity index is 1.74. The maximum absolute atomic E-state index is 12.9. The summed E-state index contributed by atoms with van der Waals surface area (Å²) in [5.41, 5.74) is -1.06. The SMILES string of the molecule is O=[N+]([O-])c1cc(C(F)(F)F)ccc1N1CCN(S(=O)(=O)Cc2ccccc2)CC1. The van der Waals surface area contributed by atoms with E-state index in [4.69, 9.17) is 0 Å². The quantitative estimate of drug-likeness (QED) is 0.538. The van der Waals surface area contributed by atoms with Crippen LogP contribution in [-0.2, 0) is 22.0 Å². The number of sulfonamides is 1. The normalized spacial score (nSPS) is 16.0. The summed E-state index contributed by atoms with van der Waals surface area (Å²) < 4.78 is 65.1. The molecule has 0 saturated carbocycles. The zero-order chi connectivity index (χ0) is 21.2. The van der Waals surface area contributed by atoms with E-state index in [0.717, 1.165) is 12.1 Å². The Labute approximate surface area is 165 Å². The third-order valence-electron chi connectivity index (χ3n) is 4.66. The second kappa shape index (κ2) is 7.99. The minimum Gasteiger partial charge on any atom is -0.363 e. The van der Waals surface area contributed by atoms with Gasteiger partial charge in [0, 0.05) is 32.2 Å². The molecule has 29 heavy (non-hydrogen) atoms. The second-order valence-corrected chi connectivity index (χ2v) is 8.56. The highest BCUT2D eigenvalue weighted by Gasteiger charge is 2.35. The lowest BCUT2D eigenvalue weighted by atomic mass is 10.1. The van der Waals surface area contributed by atoms with E-state index in [1.165, 1.54) is 9.21 Å². The van der Waals surface area contributed by atoms with Crippen molar-refractivity contribution in [3.63, 3.8) is 0 Å². The molecule has 1 aliphatic rings. The average Bonchev–Trinajstić information content (AvgIpc) is 2.67. The van der Waals surface area contributed by atoms with Crippen molar-refractivity contribution in [3.05, 3.63) is 69.8 Å². The predicted octanol–water partition coefficient (Wildman–Crippen LogP) is 3.27. The average molecular weight is 429 g/mol. The first kappa shape index (κ1) is 21.1. The van der Waals surface area contributed by atoms with Crippen LogP contribution in [0.25, 0.3) is 0 Å². The van der Waals surface area contributed by atoms with Gasteiger partial charge in [-0.3, -0.25) is 10.1 Å². The molecule has 1 fully saturated rings. The maximum atomic E-state index is 12.9. The first-order valence-electron chi connectivity index (χ1n) is 8.70. The van der Waals surface area contributed by atoms with Crippen molar-refractivity contribution < 1.29 is 26.5 Å². The fourth-order valence-corrected chi connectivity index (χ4v) is 4.71. The van der Waals surface area contributed by atoms with Gasteiger partial charge in [0.25, 0.3) is 5.69 Å². The van der Waals surface area contributed by atoms with Crippen molar-refractivity contribution in [2.45, 2.75) is 11.9 Å². The summed E-state index contributed by atoms with van der Waals surface area (Å²) in [6, 6.07) is 11.0. The lowest BCUT2D eigenvalue weighted by molar-refractivity contribution is -0.384. The summed E-state index contributed by atoms with van der Waals surface area (Å²) in [6.45, 7) is 0.459. The number of benzene rings is 2. The van der Waals surface area contributed by atoms with E-state index < -0.39 is 32.4 Å². The molecule has 1 heterocycles. The van der Waals surface area contributed by atoms with Crippen molar-refractivity contribution in [3.8, 4) is 0 Å². The second-order valence-electron chi connectivity index (χ2n) is 6.59.